The van der Waals surface area contributed by atoms with Crippen LogP contribution in [0.4, 0.5) is 0 Å². The zero-order chi connectivity index (χ0) is 9.52. The van der Waals surface area contributed by atoms with Gasteiger partial charge in [-0.1, -0.05) is 0 Å². The molecular formula is C9H19NO3. The van der Waals surface area contributed by atoms with Crippen LogP contribution in [0, 0.1) is 0 Å². The van der Waals surface area contributed by atoms with E-state index in [0.717, 1.165) is 26.1 Å². The third-order valence-electron chi connectivity index (χ3n) is 2.35. The fourth-order valence-electron chi connectivity index (χ4n) is 1.55. The van der Waals surface area contributed by atoms with Gasteiger partial charge in [0.15, 0.2) is 0 Å². The first kappa shape index (κ1) is 10.9. The fourth-order valence-corrected chi connectivity index (χ4v) is 1.55. The van der Waals surface area contributed by atoms with Gasteiger partial charge < -0.3 is 14.6 Å². The van der Waals surface area contributed by atoms with Crippen molar-refractivity contribution in [2.45, 2.75) is 12.5 Å². The Labute approximate surface area is 79.4 Å². The minimum atomic E-state index is 0.112. The van der Waals surface area contributed by atoms with E-state index in [4.69, 9.17) is 14.6 Å². The van der Waals surface area contributed by atoms with E-state index in [1.165, 1.54) is 0 Å². The van der Waals surface area contributed by atoms with Crippen molar-refractivity contribution in [2.75, 3.05) is 46.6 Å². The number of likely N-dealkylation sites (tertiary alicyclic amines) is 1. The lowest BCUT2D eigenvalue weighted by Crippen LogP contribution is -2.27. The molecule has 0 aromatic heterocycles. The molecule has 0 amide bonds. The van der Waals surface area contributed by atoms with Gasteiger partial charge in [0.1, 0.15) is 0 Å². The number of hydrogen-bond donors (Lipinski definition) is 1. The van der Waals surface area contributed by atoms with Crippen molar-refractivity contribution in [1.29, 1.82) is 0 Å². The zero-order valence-corrected chi connectivity index (χ0v) is 8.24. The van der Waals surface area contributed by atoms with Gasteiger partial charge in [-0.2, -0.15) is 0 Å². The lowest BCUT2D eigenvalue weighted by molar-refractivity contribution is 0.0702. The quantitative estimate of drug-likeness (QED) is 0.583. The number of ether oxygens (including phenoxy) is 2. The van der Waals surface area contributed by atoms with E-state index >= 15 is 0 Å². The molecule has 0 aliphatic carbocycles. The topological polar surface area (TPSA) is 41.9 Å². The molecule has 1 aliphatic rings. The summed E-state index contributed by atoms with van der Waals surface area (Å²) >= 11 is 0. The number of aliphatic hydroxyl groups is 1. The first-order valence-corrected chi connectivity index (χ1v) is 4.80. The molecule has 0 radical (unpaired) electrons. The zero-order valence-electron chi connectivity index (χ0n) is 8.24. The van der Waals surface area contributed by atoms with Crippen LogP contribution in [-0.2, 0) is 9.47 Å². The summed E-state index contributed by atoms with van der Waals surface area (Å²) in [5.41, 5.74) is 0. The summed E-state index contributed by atoms with van der Waals surface area (Å²) in [6, 6.07) is 0. The average molecular weight is 189 g/mol. The van der Waals surface area contributed by atoms with Gasteiger partial charge in [-0.05, 0) is 6.42 Å². The second-order valence-corrected chi connectivity index (χ2v) is 3.28. The van der Waals surface area contributed by atoms with Crippen molar-refractivity contribution in [3.05, 3.63) is 0 Å². The molecule has 1 atom stereocenters. The number of methoxy groups -OCH3 is 1. The maximum absolute atomic E-state index is 8.48. The molecule has 4 heteroatoms. The summed E-state index contributed by atoms with van der Waals surface area (Å²) < 4.78 is 10.4. The molecule has 1 saturated heterocycles. The van der Waals surface area contributed by atoms with Gasteiger partial charge in [0.05, 0.1) is 25.9 Å². The van der Waals surface area contributed by atoms with Gasteiger partial charge in [0.25, 0.3) is 0 Å². The van der Waals surface area contributed by atoms with Crippen LogP contribution in [0.3, 0.4) is 0 Å². The molecule has 0 spiro atoms. The molecule has 1 heterocycles. The summed E-state index contributed by atoms with van der Waals surface area (Å²) in [6.45, 7) is 4.32. The number of hydrogen-bond acceptors (Lipinski definition) is 4. The summed E-state index contributed by atoms with van der Waals surface area (Å²) in [7, 11) is 1.76. The van der Waals surface area contributed by atoms with Crippen molar-refractivity contribution in [1.82, 2.24) is 4.90 Å². The van der Waals surface area contributed by atoms with Gasteiger partial charge in [-0.25, -0.2) is 0 Å². The Bertz CT molecular complexity index is 132. The van der Waals surface area contributed by atoms with E-state index in [0.29, 0.717) is 19.3 Å². The summed E-state index contributed by atoms with van der Waals surface area (Å²) in [4.78, 5) is 2.32. The Balaban J connectivity index is 1.97. The molecular weight excluding hydrogens is 170 g/mol. The van der Waals surface area contributed by atoms with Crippen molar-refractivity contribution in [3.63, 3.8) is 0 Å². The van der Waals surface area contributed by atoms with Crippen molar-refractivity contribution < 1.29 is 14.6 Å². The second kappa shape index (κ2) is 6.32. The third kappa shape index (κ3) is 4.04. The SMILES string of the molecule is COC1CCN(CCOCCO)C1. The minimum Gasteiger partial charge on any atom is -0.394 e. The van der Waals surface area contributed by atoms with Crippen LogP contribution in [0.5, 0.6) is 0 Å². The Morgan fingerprint density at radius 2 is 2.31 bits per heavy atom. The van der Waals surface area contributed by atoms with Crippen LogP contribution in [0.15, 0.2) is 0 Å². The monoisotopic (exact) mass is 189 g/mol. The summed E-state index contributed by atoms with van der Waals surface area (Å²) in [5, 5.41) is 8.48. The van der Waals surface area contributed by atoms with Crippen molar-refractivity contribution in [3.8, 4) is 0 Å². The van der Waals surface area contributed by atoms with Gasteiger partial charge >= 0.3 is 0 Å². The lowest BCUT2D eigenvalue weighted by atomic mass is 10.3. The molecule has 0 aromatic rings. The molecule has 13 heavy (non-hydrogen) atoms. The number of rotatable bonds is 6. The van der Waals surface area contributed by atoms with Crippen molar-refractivity contribution in [2.24, 2.45) is 0 Å². The summed E-state index contributed by atoms with van der Waals surface area (Å²) in [6.07, 6.45) is 1.52. The standard InChI is InChI=1S/C9H19NO3/c1-12-9-2-3-10(8-9)4-6-13-7-5-11/h9,11H,2-8H2,1H3. The van der Waals surface area contributed by atoms with Crippen LogP contribution in [0.1, 0.15) is 6.42 Å². The van der Waals surface area contributed by atoms with E-state index in [9.17, 15) is 0 Å². The van der Waals surface area contributed by atoms with Crippen LogP contribution in [-0.4, -0.2) is 62.7 Å². The smallest absolute Gasteiger partial charge is 0.0710 e. The molecule has 1 N–H and O–H groups in total. The second-order valence-electron chi connectivity index (χ2n) is 3.28. The molecule has 1 unspecified atom stereocenters. The molecule has 4 nitrogen and oxygen atoms in total. The highest BCUT2D eigenvalue weighted by Crippen LogP contribution is 2.10. The van der Waals surface area contributed by atoms with E-state index in [-0.39, 0.29) is 6.61 Å². The predicted octanol–water partition coefficient (Wildman–Crippen LogP) is -0.284. The van der Waals surface area contributed by atoms with Crippen LogP contribution in [0.25, 0.3) is 0 Å². The maximum Gasteiger partial charge on any atom is 0.0710 e. The van der Waals surface area contributed by atoms with Crippen LogP contribution in [0.2, 0.25) is 0 Å². The van der Waals surface area contributed by atoms with Gasteiger partial charge in [0.2, 0.25) is 0 Å². The maximum atomic E-state index is 8.48. The van der Waals surface area contributed by atoms with E-state index in [1.54, 1.807) is 7.11 Å². The largest absolute Gasteiger partial charge is 0.394 e. The highest BCUT2D eigenvalue weighted by molar-refractivity contribution is 4.75. The Hall–Kier alpha value is -0.160. The molecule has 78 valence electrons. The average Bonchev–Trinajstić information content (AvgIpc) is 2.60. The Kier molecular flexibility index (Phi) is 5.31. The molecule has 1 rings (SSSR count). The molecule has 0 bridgehead atoms. The molecule has 1 fully saturated rings. The Morgan fingerprint density at radius 1 is 1.46 bits per heavy atom. The number of nitrogens with zero attached hydrogens (tertiary/aromatic N) is 1. The number of aliphatic hydroxyl groups excluding tert-OH is 1. The molecule has 1 aliphatic heterocycles. The van der Waals surface area contributed by atoms with Crippen LogP contribution < -0.4 is 0 Å². The van der Waals surface area contributed by atoms with Crippen LogP contribution >= 0.6 is 0 Å². The predicted molar refractivity (Wildman–Crippen MR) is 49.8 cm³/mol. The van der Waals surface area contributed by atoms with Gasteiger partial charge in [-0.3, -0.25) is 4.90 Å². The first-order chi connectivity index (χ1) is 6.36. The lowest BCUT2D eigenvalue weighted by Gasteiger charge is -2.14. The normalized spacial score (nSPS) is 24.0. The van der Waals surface area contributed by atoms with Gasteiger partial charge in [-0.15, -0.1) is 0 Å². The Morgan fingerprint density at radius 3 is 2.92 bits per heavy atom. The van der Waals surface area contributed by atoms with Gasteiger partial charge in [0, 0.05) is 26.7 Å². The van der Waals surface area contributed by atoms with Crippen molar-refractivity contribution >= 4 is 0 Å². The summed E-state index contributed by atoms with van der Waals surface area (Å²) in [5.74, 6) is 0. The van der Waals surface area contributed by atoms with E-state index in [2.05, 4.69) is 4.90 Å². The highest BCUT2D eigenvalue weighted by atomic mass is 16.5. The highest BCUT2D eigenvalue weighted by Gasteiger charge is 2.20. The van der Waals surface area contributed by atoms with E-state index in [1.807, 2.05) is 0 Å². The minimum absolute atomic E-state index is 0.112. The fraction of sp³-hybridized carbons (Fsp3) is 1.00. The van der Waals surface area contributed by atoms with E-state index < -0.39 is 0 Å². The first-order valence-electron chi connectivity index (χ1n) is 4.80. The molecule has 0 aromatic carbocycles. The third-order valence-corrected chi connectivity index (χ3v) is 2.35. The molecule has 0 saturated carbocycles.